The van der Waals surface area contributed by atoms with Crippen LogP contribution in [0.15, 0.2) is 174 Å². The lowest BCUT2D eigenvalue weighted by molar-refractivity contribution is 0.671. The molecule has 1 aliphatic carbocycles. The van der Waals surface area contributed by atoms with Crippen molar-refractivity contribution in [2.24, 2.45) is 0 Å². The Morgan fingerprint density at radius 2 is 0.962 bits per heavy atom. The van der Waals surface area contributed by atoms with E-state index in [2.05, 4.69) is 179 Å². The summed E-state index contributed by atoms with van der Waals surface area (Å²) in [6.07, 6.45) is 0. The molecule has 0 saturated carbocycles. The van der Waals surface area contributed by atoms with Gasteiger partial charge in [-0.1, -0.05) is 127 Å². The maximum absolute atomic E-state index is 6.81. The third-order valence-corrected chi connectivity index (χ3v) is 11.8. The Bertz CT molecular complexity index is 3570. The Kier molecular flexibility index (Phi) is 5.11. The van der Waals surface area contributed by atoms with Gasteiger partial charge in [0.2, 0.25) is 0 Å². The Balaban J connectivity index is 1.22. The van der Waals surface area contributed by atoms with Crippen LogP contribution in [0.5, 0.6) is 0 Å². The number of hydrogen-bond donors (Lipinski definition) is 0. The van der Waals surface area contributed by atoms with E-state index in [0.29, 0.717) is 0 Å². The van der Waals surface area contributed by atoms with Crippen LogP contribution in [0, 0.1) is 0 Å². The highest BCUT2D eigenvalue weighted by Gasteiger charge is 2.26. The molecule has 1 aliphatic rings. The molecule has 12 aromatic rings. The lowest BCUT2D eigenvalue weighted by Gasteiger charge is -2.14. The summed E-state index contributed by atoms with van der Waals surface area (Å²) in [5.74, 6) is 0. The first kappa shape index (κ1) is 27.6. The molecule has 0 unspecified atom stereocenters. The maximum atomic E-state index is 6.81. The topological polar surface area (TPSA) is 23.0 Å². The molecule has 3 heteroatoms. The van der Waals surface area contributed by atoms with Gasteiger partial charge in [0, 0.05) is 43.7 Å². The lowest BCUT2D eigenvalue weighted by Crippen LogP contribution is -1.99. The summed E-state index contributed by atoms with van der Waals surface area (Å²) in [6, 6.07) is 62.3. The minimum Gasteiger partial charge on any atom is -0.454 e. The highest BCUT2D eigenvalue weighted by molar-refractivity contribution is 6.28. The third kappa shape index (κ3) is 3.49. The van der Waals surface area contributed by atoms with Gasteiger partial charge in [-0.3, -0.25) is 0 Å². The fourth-order valence-electron chi connectivity index (χ4n) is 9.57. The molecule has 0 saturated heterocycles. The smallest absolute Gasteiger partial charge is 0.160 e. The van der Waals surface area contributed by atoms with Gasteiger partial charge in [-0.15, -0.1) is 0 Å². The molecule has 0 fully saturated rings. The summed E-state index contributed by atoms with van der Waals surface area (Å²) in [6.45, 7) is 0. The summed E-state index contributed by atoms with van der Waals surface area (Å²) in [5.41, 5.74) is 13.9. The predicted molar refractivity (Wildman–Crippen MR) is 222 cm³/mol. The van der Waals surface area contributed by atoms with E-state index in [9.17, 15) is 0 Å². The fraction of sp³-hybridized carbons (Fsp3) is 0. The molecule has 0 amide bonds. The number of nitrogens with zero attached hydrogens (tertiary/aromatic N) is 2. The van der Waals surface area contributed by atoms with Gasteiger partial charge in [0.1, 0.15) is 5.58 Å². The van der Waals surface area contributed by atoms with Gasteiger partial charge in [0.15, 0.2) is 5.58 Å². The molecule has 0 radical (unpaired) electrons. The zero-order valence-electron chi connectivity index (χ0n) is 28.5. The monoisotopic (exact) mass is 672 g/mol. The van der Waals surface area contributed by atoms with Crippen molar-refractivity contribution in [3.8, 4) is 33.6 Å². The molecule has 244 valence electrons. The Labute approximate surface area is 303 Å². The number of benzene rings is 9. The predicted octanol–water partition coefficient (Wildman–Crippen LogP) is 13.7. The van der Waals surface area contributed by atoms with Crippen molar-refractivity contribution in [3.05, 3.63) is 170 Å². The van der Waals surface area contributed by atoms with E-state index < -0.39 is 0 Å². The van der Waals surface area contributed by atoms with Gasteiger partial charge in [0.25, 0.3) is 0 Å². The maximum Gasteiger partial charge on any atom is 0.160 e. The van der Waals surface area contributed by atoms with Crippen LogP contribution in [0.25, 0.3) is 121 Å². The van der Waals surface area contributed by atoms with Crippen molar-refractivity contribution in [3.63, 3.8) is 0 Å². The first-order valence-corrected chi connectivity index (χ1v) is 18.3. The van der Waals surface area contributed by atoms with E-state index in [0.717, 1.165) is 38.8 Å². The van der Waals surface area contributed by atoms with Gasteiger partial charge in [0.05, 0.1) is 22.1 Å². The van der Waals surface area contributed by atoms with Gasteiger partial charge in [-0.2, -0.15) is 0 Å². The minimum atomic E-state index is 0.902. The van der Waals surface area contributed by atoms with Crippen molar-refractivity contribution < 1.29 is 4.42 Å². The molecular formula is C50H28N2O. The SMILES string of the molecule is c1ccc2cc(-n3c4c(ccc5c6ccccc6oc54)c4ccc5c6ccccc6n(-c6ccc7c(c6)-c6cccc8cccc-7c68)c5c43)ccc2c1. The van der Waals surface area contributed by atoms with Crippen LogP contribution >= 0.6 is 0 Å². The fourth-order valence-corrected chi connectivity index (χ4v) is 9.57. The highest BCUT2D eigenvalue weighted by Crippen LogP contribution is 2.49. The summed E-state index contributed by atoms with van der Waals surface area (Å²) < 4.78 is 11.8. The number of fused-ring (bicyclic) bond motifs is 15. The summed E-state index contributed by atoms with van der Waals surface area (Å²) >= 11 is 0. The van der Waals surface area contributed by atoms with Crippen LogP contribution in [-0.2, 0) is 0 Å². The number of furan rings is 1. The van der Waals surface area contributed by atoms with Crippen LogP contribution in [0.3, 0.4) is 0 Å². The number of hydrogen-bond acceptors (Lipinski definition) is 1. The second-order valence-electron chi connectivity index (χ2n) is 14.5. The minimum absolute atomic E-state index is 0.902. The van der Waals surface area contributed by atoms with Crippen LogP contribution in [0.4, 0.5) is 0 Å². The molecule has 0 N–H and O–H groups in total. The van der Waals surface area contributed by atoms with Crippen LogP contribution in [0.1, 0.15) is 0 Å². The molecule has 0 atom stereocenters. The molecule has 3 nitrogen and oxygen atoms in total. The summed E-state index contributed by atoms with van der Waals surface area (Å²) in [7, 11) is 0. The van der Waals surface area contributed by atoms with Crippen molar-refractivity contribution in [1.82, 2.24) is 9.13 Å². The number of rotatable bonds is 2. The van der Waals surface area contributed by atoms with Crippen molar-refractivity contribution in [2.45, 2.75) is 0 Å². The molecule has 53 heavy (non-hydrogen) atoms. The van der Waals surface area contributed by atoms with E-state index in [4.69, 9.17) is 4.42 Å². The number of aromatic nitrogens is 2. The summed E-state index contributed by atoms with van der Waals surface area (Å²) in [5, 5.41) is 12.2. The average Bonchev–Trinajstić information content (AvgIpc) is 3.95. The van der Waals surface area contributed by atoms with Crippen LogP contribution < -0.4 is 0 Å². The molecule has 0 bridgehead atoms. The van der Waals surface area contributed by atoms with E-state index in [1.807, 2.05) is 0 Å². The molecule has 3 heterocycles. The molecular weight excluding hydrogens is 645 g/mol. The largest absolute Gasteiger partial charge is 0.454 e. The second-order valence-corrected chi connectivity index (χ2v) is 14.5. The second kappa shape index (κ2) is 9.81. The van der Waals surface area contributed by atoms with Gasteiger partial charge < -0.3 is 13.6 Å². The molecule has 3 aromatic heterocycles. The first-order chi connectivity index (χ1) is 26.3. The quantitative estimate of drug-likeness (QED) is 0.179. The molecule has 9 aromatic carbocycles. The Morgan fingerprint density at radius 3 is 1.83 bits per heavy atom. The zero-order valence-corrected chi connectivity index (χ0v) is 28.5. The van der Waals surface area contributed by atoms with E-state index in [1.54, 1.807) is 0 Å². The normalized spacial score (nSPS) is 12.5. The van der Waals surface area contributed by atoms with Crippen LogP contribution in [0.2, 0.25) is 0 Å². The third-order valence-electron chi connectivity index (χ3n) is 11.8. The van der Waals surface area contributed by atoms with Gasteiger partial charge in [-0.25, -0.2) is 0 Å². The molecule has 13 rings (SSSR count). The summed E-state index contributed by atoms with van der Waals surface area (Å²) in [4.78, 5) is 0. The number of para-hydroxylation sites is 2. The molecule has 0 aliphatic heterocycles. The van der Waals surface area contributed by atoms with Gasteiger partial charge in [-0.05, 0) is 86.3 Å². The zero-order chi connectivity index (χ0) is 34.4. The van der Waals surface area contributed by atoms with Crippen LogP contribution in [-0.4, -0.2) is 9.13 Å². The van der Waals surface area contributed by atoms with Crippen molar-refractivity contribution in [1.29, 1.82) is 0 Å². The van der Waals surface area contributed by atoms with Crippen molar-refractivity contribution >= 4 is 87.1 Å². The highest BCUT2D eigenvalue weighted by atomic mass is 16.3. The first-order valence-electron chi connectivity index (χ1n) is 18.3. The lowest BCUT2D eigenvalue weighted by atomic mass is 10.0. The van der Waals surface area contributed by atoms with Crippen molar-refractivity contribution in [2.75, 3.05) is 0 Å². The standard InChI is InChI=1S/C50H28N2O/c1-2-10-31-27-32(20-19-29(31)9-1)52-48-40(41-25-26-42-36-14-4-6-18-45(36)53-50(42)49(41)52)24-23-39-35-13-3-5-17-44(35)51(47(39)48)33-21-22-34-37-15-7-11-30-12-8-16-38(46(30)37)43(34)28-33/h1-28H. The van der Waals surface area contributed by atoms with E-state index >= 15 is 0 Å². The van der Waals surface area contributed by atoms with E-state index in [1.165, 1.54) is 81.9 Å². The van der Waals surface area contributed by atoms with Gasteiger partial charge >= 0.3 is 0 Å². The Hall–Kier alpha value is -7.10. The Morgan fingerprint density at radius 1 is 0.340 bits per heavy atom. The molecule has 0 spiro atoms. The average molecular weight is 673 g/mol. The van der Waals surface area contributed by atoms with E-state index in [-0.39, 0.29) is 0 Å².